The van der Waals surface area contributed by atoms with Gasteiger partial charge in [-0.25, -0.2) is 9.78 Å². The number of nitrogens with one attached hydrogen (secondary N) is 2. The van der Waals surface area contributed by atoms with Crippen molar-refractivity contribution >= 4 is 11.7 Å². The summed E-state index contributed by atoms with van der Waals surface area (Å²) in [7, 11) is 3.74. The van der Waals surface area contributed by atoms with Gasteiger partial charge < -0.3 is 20.3 Å². The van der Waals surface area contributed by atoms with Crippen LogP contribution in [0.25, 0.3) is 0 Å². The molecule has 0 aromatic carbocycles. The Morgan fingerprint density at radius 3 is 2.76 bits per heavy atom. The lowest BCUT2D eigenvalue weighted by Gasteiger charge is -2.36. The zero-order chi connectivity index (χ0) is 14.8. The molecule has 2 unspecified atom stereocenters. The highest BCUT2D eigenvalue weighted by Gasteiger charge is 2.38. The molecule has 2 aliphatic rings. The second kappa shape index (κ2) is 5.89. The van der Waals surface area contributed by atoms with Crippen molar-refractivity contribution in [2.75, 3.05) is 19.5 Å². The summed E-state index contributed by atoms with van der Waals surface area (Å²) in [6.45, 7) is 0. The van der Waals surface area contributed by atoms with Gasteiger partial charge in [-0.05, 0) is 44.9 Å². The number of fused-ring (bicyclic) bond motifs is 2. The minimum Gasteiger partial charge on any atom is -0.480 e. The zero-order valence-corrected chi connectivity index (χ0v) is 12.5. The van der Waals surface area contributed by atoms with Crippen LogP contribution in [0.2, 0.25) is 0 Å². The van der Waals surface area contributed by atoms with Crippen molar-refractivity contribution < 1.29 is 9.53 Å². The van der Waals surface area contributed by atoms with Crippen molar-refractivity contribution in [2.24, 2.45) is 0 Å². The lowest BCUT2D eigenvalue weighted by atomic mass is 9.98. The fourth-order valence-electron chi connectivity index (χ4n) is 3.52. The summed E-state index contributed by atoms with van der Waals surface area (Å²) in [4.78, 5) is 18.7. The van der Waals surface area contributed by atoms with E-state index in [4.69, 9.17) is 4.74 Å². The average molecular weight is 290 g/mol. The normalized spacial score (nSPS) is 28.2. The molecule has 2 N–H and O–H groups in total. The van der Waals surface area contributed by atoms with E-state index < -0.39 is 0 Å². The number of carbonyl (C=O) groups is 1. The number of urea groups is 1. The number of pyridine rings is 1. The first-order valence-corrected chi connectivity index (χ1v) is 7.46. The van der Waals surface area contributed by atoms with Crippen LogP contribution < -0.4 is 15.4 Å². The van der Waals surface area contributed by atoms with Crippen LogP contribution in [0.5, 0.6) is 5.88 Å². The fraction of sp³-hybridized carbons (Fsp3) is 0.600. The average Bonchev–Trinajstić information content (AvgIpc) is 2.70. The molecule has 0 saturated carbocycles. The molecule has 2 aliphatic heterocycles. The van der Waals surface area contributed by atoms with Crippen molar-refractivity contribution in [2.45, 2.75) is 43.8 Å². The summed E-state index contributed by atoms with van der Waals surface area (Å²) >= 11 is 0. The van der Waals surface area contributed by atoms with E-state index in [9.17, 15) is 4.79 Å². The third-order valence-corrected chi connectivity index (χ3v) is 4.65. The van der Waals surface area contributed by atoms with Crippen LogP contribution in [-0.4, -0.2) is 48.2 Å². The topological polar surface area (TPSA) is 66.5 Å². The van der Waals surface area contributed by atoms with E-state index in [1.807, 2.05) is 0 Å². The molecule has 1 aromatic heterocycles. The molecule has 6 nitrogen and oxygen atoms in total. The van der Waals surface area contributed by atoms with Gasteiger partial charge in [0, 0.05) is 24.3 Å². The summed E-state index contributed by atoms with van der Waals surface area (Å²) in [5.41, 5.74) is 0.591. The van der Waals surface area contributed by atoms with Crippen LogP contribution in [0.4, 0.5) is 10.5 Å². The van der Waals surface area contributed by atoms with Gasteiger partial charge in [0.15, 0.2) is 0 Å². The Kier molecular flexibility index (Phi) is 3.96. The zero-order valence-electron chi connectivity index (χ0n) is 12.5. The van der Waals surface area contributed by atoms with E-state index in [0.29, 0.717) is 23.7 Å². The molecule has 2 saturated heterocycles. The smallest absolute Gasteiger partial charge is 0.319 e. The van der Waals surface area contributed by atoms with Gasteiger partial charge in [-0.15, -0.1) is 0 Å². The van der Waals surface area contributed by atoms with Crippen LogP contribution >= 0.6 is 0 Å². The minimum atomic E-state index is -0.185. The molecular weight excluding hydrogens is 268 g/mol. The number of piperidine rings is 1. The number of aromatic nitrogens is 1. The second-order valence-electron chi connectivity index (χ2n) is 5.88. The molecule has 21 heavy (non-hydrogen) atoms. The first-order valence-electron chi connectivity index (χ1n) is 7.46. The van der Waals surface area contributed by atoms with Gasteiger partial charge >= 0.3 is 6.03 Å². The highest BCUT2D eigenvalue weighted by Crippen LogP contribution is 2.34. The molecule has 1 aromatic rings. The molecule has 0 spiro atoms. The summed E-state index contributed by atoms with van der Waals surface area (Å²) in [6.07, 6.45) is 6.19. The molecule has 2 fully saturated rings. The number of anilines is 1. The quantitative estimate of drug-likeness (QED) is 0.891. The Labute approximate surface area is 124 Å². The lowest BCUT2D eigenvalue weighted by Crippen LogP contribution is -2.49. The van der Waals surface area contributed by atoms with Crippen molar-refractivity contribution in [1.82, 2.24) is 15.2 Å². The maximum Gasteiger partial charge on any atom is 0.319 e. The standard InChI is InChI=1S/C15H22N4O2/c1-19-11-5-6-12(19)9-10(8-11)17-15(20)18-13-4-3-7-16-14(13)21-2/h3-4,7,10-12H,5-6,8-9H2,1-2H3,(H2,17,18,20). The summed E-state index contributed by atoms with van der Waals surface area (Å²) in [5.74, 6) is 0.427. The van der Waals surface area contributed by atoms with Crippen LogP contribution in [0.15, 0.2) is 18.3 Å². The molecule has 3 heterocycles. The minimum absolute atomic E-state index is 0.185. The fourth-order valence-corrected chi connectivity index (χ4v) is 3.52. The van der Waals surface area contributed by atoms with Gasteiger partial charge in [-0.3, -0.25) is 0 Å². The number of ether oxygens (including phenoxy) is 1. The first-order chi connectivity index (χ1) is 10.2. The third-order valence-electron chi connectivity index (χ3n) is 4.65. The van der Waals surface area contributed by atoms with Crippen molar-refractivity contribution in [3.63, 3.8) is 0 Å². The van der Waals surface area contributed by atoms with E-state index in [1.165, 1.54) is 12.8 Å². The summed E-state index contributed by atoms with van der Waals surface area (Å²) in [5, 5.41) is 5.90. The Balaban J connectivity index is 1.57. The molecule has 0 aliphatic carbocycles. The number of amides is 2. The second-order valence-corrected chi connectivity index (χ2v) is 5.88. The number of carbonyl (C=O) groups excluding carboxylic acids is 1. The maximum atomic E-state index is 12.1. The van der Waals surface area contributed by atoms with E-state index in [0.717, 1.165) is 12.8 Å². The number of hydrogen-bond donors (Lipinski definition) is 2. The highest BCUT2D eigenvalue weighted by atomic mass is 16.5. The van der Waals surface area contributed by atoms with Gasteiger partial charge in [0.25, 0.3) is 0 Å². The Bertz CT molecular complexity index is 508. The monoisotopic (exact) mass is 290 g/mol. The molecule has 2 bridgehead atoms. The molecule has 6 heteroatoms. The molecule has 2 atom stereocenters. The number of hydrogen-bond acceptors (Lipinski definition) is 4. The van der Waals surface area contributed by atoms with Crippen molar-refractivity contribution in [3.05, 3.63) is 18.3 Å². The van der Waals surface area contributed by atoms with E-state index in [1.54, 1.807) is 25.4 Å². The molecular formula is C15H22N4O2. The van der Waals surface area contributed by atoms with E-state index in [-0.39, 0.29) is 12.1 Å². The van der Waals surface area contributed by atoms with E-state index >= 15 is 0 Å². The van der Waals surface area contributed by atoms with Crippen LogP contribution in [-0.2, 0) is 0 Å². The molecule has 0 radical (unpaired) electrons. The maximum absolute atomic E-state index is 12.1. The summed E-state index contributed by atoms with van der Waals surface area (Å²) in [6, 6.07) is 4.85. The van der Waals surface area contributed by atoms with Crippen molar-refractivity contribution in [1.29, 1.82) is 0 Å². The SMILES string of the molecule is COc1ncccc1NC(=O)NC1CC2CCC(C1)N2C. The number of methoxy groups -OCH3 is 1. The molecule has 114 valence electrons. The van der Waals surface area contributed by atoms with Gasteiger partial charge in [0.2, 0.25) is 5.88 Å². The van der Waals surface area contributed by atoms with Gasteiger partial charge in [0.1, 0.15) is 5.69 Å². The summed E-state index contributed by atoms with van der Waals surface area (Å²) < 4.78 is 5.13. The van der Waals surface area contributed by atoms with Crippen LogP contribution in [0.3, 0.4) is 0 Å². The predicted molar refractivity (Wildman–Crippen MR) is 80.5 cm³/mol. The first kappa shape index (κ1) is 14.1. The number of rotatable bonds is 3. The largest absolute Gasteiger partial charge is 0.480 e. The highest BCUT2D eigenvalue weighted by molar-refractivity contribution is 5.90. The number of nitrogens with zero attached hydrogens (tertiary/aromatic N) is 2. The predicted octanol–water partition coefficient (Wildman–Crippen LogP) is 1.84. The molecule has 2 amide bonds. The van der Waals surface area contributed by atoms with Crippen LogP contribution in [0, 0.1) is 0 Å². The van der Waals surface area contributed by atoms with Gasteiger partial charge in [0.05, 0.1) is 7.11 Å². The third kappa shape index (κ3) is 2.95. The van der Waals surface area contributed by atoms with Gasteiger partial charge in [-0.1, -0.05) is 0 Å². The van der Waals surface area contributed by atoms with E-state index in [2.05, 4.69) is 27.6 Å². The Morgan fingerprint density at radius 2 is 2.10 bits per heavy atom. The van der Waals surface area contributed by atoms with Crippen molar-refractivity contribution in [3.8, 4) is 5.88 Å². The van der Waals surface area contributed by atoms with Crippen LogP contribution in [0.1, 0.15) is 25.7 Å². The Morgan fingerprint density at radius 1 is 1.38 bits per heavy atom. The van der Waals surface area contributed by atoms with Gasteiger partial charge in [-0.2, -0.15) is 0 Å². The Hall–Kier alpha value is -1.82. The lowest BCUT2D eigenvalue weighted by molar-refractivity contribution is 0.151. The molecule has 3 rings (SSSR count).